The summed E-state index contributed by atoms with van der Waals surface area (Å²) < 4.78 is 0. The van der Waals surface area contributed by atoms with Gasteiger partial charge >= 0.3 is 0 Å². The summed E-state index contributed by atoms with van der Waals surface area (Å²) in [6, 6.07) is 4.89. The second kappa shape index (κ2) is 4.99. The number of thiocarbonyl (C=S) groups is 1. The zero-order chi connectivity index (χ0) is 14.4. The van der Waals surface area contributed by atoms with Crippen molar-refractivity contribution in [1.29, 1.82) is 0 Å². The van der Waals surface area contributed by atoms with E-state index in [4.69, 9.17) is 12.2 Å². The van der Waals surface area contributed by atoms with Crippen LogP contribution in [0.2, 0.25) is 0 Å². The highest BCUT2D eigenvalue weighted by molar-refractivity contribution is 7.80. The van der Waals surface area contributed by atoms with Gasteiger partial charge in [0.2, 0.25) is 0 Å². The molecular formula is C16H24N2S2. The quantitative estimate of drug-likeness (QED) is 0.831. The van der Waals surface area contributed by atoms with Crippen LogP contribution in [0, 0.1) is 10.8 Å². The van der Waals surface area contributed by atoms with Crippen LogP contribution in [-0.4, -0.2) is 22.6 Å². The first-order chi connectivity index (χ1) is 9.37. The highest BCUT2D eigenvalue weighted by Crippen LogP contribution is 2.52. The average Bonchev–Trinajstić information content (AvgIpc) is 2.91. The Balaban J connectivity index is 1.64. The first kappa shape index (κ1) is 14.3. The predicted octanol–water partition coefficient (Wildman–Crippen LogP) is 4.02. The Morgan fingerprint density at radius 1 is 1.45 bits per heavy atom. The Bertz CT molecular complexity index is 495. The molecule has 2 fully saturated rings. The normalized spacial score (nSPS) is 31.4. The lowest BCUT2D eigenvalue weighted by Crippen LogP contribution is -2.43. The summed E-state index contributed by atoms with van der Waals surface area (Å²) in [4.78, 5) is 3.80. The fourth-order valence-corrected chi connectivity index (χ4v) is 5.31. The summed E-state index contributed by atoms with van der Waals surface area (Å²) in [7, 11) is 0. The van der Waals surface area contributed by atoms with Crippen LogP contribution < -0.4 is 5.32 Å². The molecule has 0 radical (unpaired) electrons. The molecule has 2 bridgehead atoms. The number of nitrogens with one attached hydrogen (secondary N) is 1. The highest BCUT2D eigenvalue weighted by atomic mass is 32.1. The first-order valence-electron chi connectivity index (χ1n) is 7.44. The van der Waals surface area contributed by atoms with E-state index in [-0.39, 0.29) is 0 Å². The van der Waals surface area contributed by atoms with Gasteiger partial charge in [0.1, 0.15) is 0 Å². The van der Waals surface area contributed by atoms with Crippen molar-refractivity contribution >= 4 is 28.7 Å². The van der Waals surface area contributed by atoms with Gasteiger partial charge in [0.05, 0.1) is 6.54 Å². The van der Waals surface area contributed by atoms with Crippen LogP contribution in [0.25, 0.3) is 0 Å². The zero-order valence-electron chi connectivity index (χ0n) is 12.6. The lowest BCUT2D eigenvalue weighted by molar-refractivity contribution is 0.132. The minimum atomic E-state index is 0.446. The number of hydrogen-bond acceptors (Lipinski definition) is 2. The Hall–Kier alpha value is -0.610. The van der Waals surface area contributed by atoms with Gasteiger partial charge in [-0.2, -0.15) is 0 Å². The number of nitrogens with zero attached hydrogens (tertiary/aromatic N) is 1. The van der Waals surface area contributed by atoms with Crippen LogP contribution in [0.1, 0.15) is 44.9 Å². The monoisotopic (exact) mass is 308 g/mol. The van der Waals surface area contributed by atoms with E-state index in [2.05, 4.69) is 48.5 Å². The molecule has 1 saturated heterocycles. The number of thiophene rings is 1. The summed E-state index contributed by atoms with van der Waals surface area (Å²) in [5.74, 6) is 0. The van der Waals surface area contributed by atoms with Gasteiger partial charge in [-0.25, -0.2) is 0 Å². The van der Waals surface area contributed by atoms with Crippen LogP contribution in [0.15, 0.2) is 17.5 Å². The van der Waals surface area contributed by atoms with Crippen molar-refractivity contribution in [2.75, 3.05) is 6.54 Å². The van der Waals surface area contributed by atoms with Gasteiger partial charge in [-0.3, -0.25) is 0 Å². The molecule has 1 N–H and O–H groups in total. The molecular weight excluding hydrogens is 284 g/mol. The Morgan fingerprint density at radius 3 is 2.95 bits per heavy atom. The first-order valence-corrected chi connectivity index (χ1v) is 8.73. The molecule has 20 heavy (non-hydrogen) atoms. The van der Waals surface area contributed by atoms with Crippen molar-refractivity contribution in [1.82, 2.24) is 10.2 Å². The summed E-state index contributed by atoms with van der Waals surface area (Å²) in [6.45, 7) is 9.23. The van der Waals surface area contributed by atoms with E-state index in [0.29, 0.717) is 16.9 Å². The minimum absolute atomic E-state index is 0.446. The Kier molecular flexibility index (Phi) is 3.57. The van der Waals surface area contributed by atoms with E-state index in [1.807, 2.05) is 0 Å². The minimum Gasteiger partial charge on any atom is -0.358 e. The van der Waals surface area contributed by atoms with Crippen LogP contribution in [0.4, 0.5) is 0 Å². The van der Waals surface area contributed by atoms with E-state index < -0.39 is 0 Å². The third-order valence-electron chi connectivity index (χ3n) is 4.67. The molecule has 1 aromatic rings. The zero-order valence-corrected chi connectivity index (χ0v) is 14.2. The molecule has 1 aliphatic heterocycles. The molecule has 1 aliphatic carbocycles. The maximum absolute atomic E-state index is 5.66. The molecule has 1 aromatic heterocycles. The molecule has 2 heterocycles. The average molecular weight is 309 g/mol. The summed E-state index contributed by atoms with van der Waals surface area (Å²) in [5.41, 5.74) is 0.900. The van der Waals surface area contributed by atoms with E-state index in [1.165, 1.54) is 24.1 Å². The molecule has 0 spiro atoms. The summed E-state index contributed by atoms with van der Waals surface area (Å²) in [5, 5.41) is 6.52. The SMILES string of the molecule is CC1(C)C[C@H]2C[C@@](C)(CN2C(=S)NCc2cccs2)C1. The van der Waals surface area contributed by atoms with Crippen LogP contribution in [0.3, 0.4) is 0 Å². The maximum atomic E-state index is 5.66. The number of fused-ring (bicyclic) bond motifs is 2. The standard InChI is InChI=1S/C16H24N2S2/c1-15(2)7-12-8-16(3,10-15)11-18(12)14(19)17-9-13-5-4-6-20-13/h4-6,12H,7-11H2,1-3H3,(H,17,19)/t12-,16+/m0/s1. The lowest BCUT2D eigenvalue weighted by Gasteiger charge is -2.39. The topological polar surface area (TPSA) is 15.3 Å². The van der Waals surface area contributed by atoms with Gasteiger partial charge in [-0.05, 0) is 53.8 Å². The van der Waals surface area contributed by atoms with Crippen LogP contribution in [0.5, 0.6) is 0 Å². The van der Waals surface area contributed by atoms with E-state index in [0.717, 1.165) is 18.2 Å². The highest BCUT2D eigenvalue weighted by Gasteiger charge is 2.50. The molecule has 0 aromatic carbocycles. The summed E-state index contributed by atoms with van der Waals surface area (Å²) >= 11 is 7.44. The van der Waals surface area contributed by atoms with E-state index >= 15 is 0 Å². The molecule has 110 valence electrons. The third-order valence-corrected chi connectivity index (χ3v) is 5.92. The van der Waals surface area contributed by atoms with Crippen molar-refractivity contribution in [2.45, 2.75) is 52.6 Å². The Labute approximate surface area is 131 Å². The van der Waals surface area contributed by atoms with Crippen molar-refractivity contribution in [3.05, 3.63) is 22.4 Å². The third kappa shape index (κ3) is 2.86. The smallest absolute Gasteiger partial charge is 0.169 e. The second-order valence-corrected chi connectivity index (χ2v) is 9.00. The van der Waals surface area contributed by atoms with E-state index in [9.17, 15) is 0 Å². The number of hydrogen-bond donors (Lipinski definition) is 1. The van der Waals surface area contributed by atoms with Gasteiger partial charge in [0.15, 0.2) is 5.11 Å². The van der Waals surface area contributed by atoms with E-state index in [1.54, 1.807) is 11.3 Å². The van der Waals surface area contributed by atoms with Crippen molar-refractivity contribution in [3.8, 4) is 0 Å². The molecule has 2 aliphatic rings. The molecule has 4 heteroatoms. The van der Waals surface area contributed by atoms with Crippen molar-refractivity contribution < 1.29 is 0 Å². The van der Waals surface area contributed by atoms with Gasteiger partial charge in [0, 0.05) is 17.5 Å². The van der Waals surface area contributed by atoms with Gasteiger partial charge in [-0.1, -0.05) is 26.8 Å². The van der Waals surface area contributed by atoms with Crippen molar-refractivity contribution in [3.63, 3.8) is 0 Å². The molecule has 0 amide bonds. The van der Waals surface area contributed by atoms with Crippen molar-refractivity contribution in [2.24, 2.45) is 10.8 Å². The van der Waals surface area contributed by atoms with Gasteiger partial charge in [-0.15, -0.1) is 11.3 Å². The molecule has 2 atom stereocenters. The number of rotatable bonds is 2. The molecule has 2 nitrogen and oxygen atoms in total. The molecule has 3 rings (SSSR count). The fraction of sp³-hybridized carbons (Fsp3) is 0.688. The van der Waals surface area contributed by atoms with Gasteiger partial charge < -0.3 is 10.2 Å². The van der Waals surface area contributed by atoms with Crippen LogP contribution in [-0.2, 0) is 6.54 Å². The van der Waals surface area contributed by atoms with Gasteiger partial charge in [0.25, 0.3) is 0 Å². The van der Waals surface area contributed by atoms with Crippen LogP contribution >= 0.6 is 23.6 Å². The maximum Gasteiger partial charge on any atom is 0.169 e. The second-order valence-electron chi connectivity index (χ2n) is 7.58. The number of likely N-dealkylation sites (tertiary alicyclic amines) is 1. The largest absolute Gasteiger partial charge is 0.358 e. The molecule has 1 saturated carbocycles. The molecule has 0 unspecified atom stereocenters. The summed E-state index contributed by atoms with van der Waals surface area (Å²) in [6.07, 6.45) is 3.89. The fourth-order valence-electron chi connectivity index (χ4n) is 4.37. The lowest BCUT2D eigenvalue weighted by atomic mass is 9.65. The Morgan fingerprint density at radius 2 is 2.25 bits per heavy atom. The predicted molar refractivity (Wildman–Crippen MR) is 90.0 cm³/mol.